The molecule has 0 aliphatic rings. The Labute approximate surface area is 143 Å². The standard InChI is InChI=1S/C20H24O2S/c1-14(2)23-13-19(21)18-11-16(4)7-10-20(18)22-12-17-8-5-15(3)6-9-17/h5-11,14H,12-13H2,1-4H3. The summed E-state index contributed by atoms with van der Waals surface area (Å²) in [5.41, 5.74) is 4.09. The molecule has 2 nitrogen and oxygen atoms in total. The fourth-order valence-corrected chi connectivity index (χ4v) is 2.79. The number of hydrogen-bond acceptors (Lipinski definition) is 3. The molecule has 23 heavy (non-hydrogen) atoms. The van der Waals surface area contributed by atoms with Crippen LogP contribution in [0.25, 0.3) is 0 Å². The van der Waals surface area contributed by atoms with E-state index in [2.05, 4.69) is 45.0 Å². The van der Waals surface area contributed by atoms with Gasteiger partial charge in [0, 0.05) is 0 Å². The van der Waals surface area contributed by atoms with Crippen molar-refractivity contribution in [1.82, 2.24) is 0 Å². The van der Waals surface area contributed by atoms with E-state index in [4.69, 9.17) is 4.74 Å². The van der Waals surface area contributed by atoms with Crippen molar-refractivity contribution in [2.45, 2.75) is 39.6 Å². The molecule has 0 atom stereocenters. The van der Waals surface area contributed by atoms with Crippen LogP contribution in [0.4, 0.5) is 0 Å². The molecule has 2 aromatic rings. The van der Waals surface area contributed by atoms with Crippen molar-refractivity contribution in [3.05, 3.63) is 64.7 Å². The quantitative estimate of drug-likeness (QED) is 0.653. The normalized spacial score (nSPS) is 10.8. The second-order valence-corrected chi connectivity index (χ2v) is 7.62. The first-order chi connectivity index (χ1) is 11.0. The number of ketones is 1. The Bertz CT molecular complexity index is 660. The number of ether oxygens (including phenoxy) is 1. The van der Waals surface area contributed by atoms with Gasteiger partial charge in [-0.15, -0.1) is 0 Å². The van der Waals surface area contributed by atoms with Crippen LogP contribution in [0.1, 0.15) is 40.9 Å². The topological polar surface area (TPSA) is 26.3 Å². The van der Waals surface area contributed by atoms with Crippen molar-refractivity contribution in [3.63, 3.8) is 0 Å². The highest BCUT2D eigenvalue weighted by molar-refractivity contribution is 8.00. The van der Waals surface area contributed by atoms with Crippen LogP contribution in [0.3, 0.4) is 0 Å². The lowest BCUT2D eigenvalue weighted by Crippen LogP contribution is -2.08. The third-order valence-corrected chi connectivity index (χ3v) is 4.59. The third-order valence-electron chi connectivity index (χ3n) is 3.50. The molecule has 2 aromatic carbocycles. The second kappa shape index (κ2) is 8.21. The van der Waals surface area contributed by atoms with Gasteiger partial charge < -0.3 is 4.74 Å². The van der Waals surface area contributed by atoms with Gasteiger partial charge in [0.05, 0.1) is 11.3 Å². The fourth-order valence-electron chi connectivity index (χ4n) is 2.15. The van der Waals surface area contributed by atoms with Crippen LogP contribution in [-0.4, -0.2) is 16.8 Å². The molecule has 0 radical (unpaired) electrons. The fraction of sp³-hybridized carbons (Fsp3) is 0.350. The van der Waals surface area contributed by atoms with Crippen molar-refractivity contribution in [3.8, 4) is 5.75 Å². The number of Topliss-reactive ketones (excluding diaryl/α,β-unsaturated/α-hetero) is 1. The van der Waals surface area contributed by atoms with Gasteiger partial charge in [-0.05, 0) is 36.8 Å². The van der Waals surface area contributed by atoms with Gasteiger partial charge in [0.2, 0.25) is 0 Å². The molecule has 0 fully saturated rings. The van der Waals surface area contributed by atoms with E-state index in [0.717, 1.165) is 11.1 Å². The summed E-state index contributed by atoms with van der Waals surface area (Å²) in [6, 6.07) is 14.1. The maximum absolute atomic E-state index is 12.5. The first kappa shape index (κ1) is 17.6. The summed E-state index contributed by atoms with van der Waals surface area (Å²) in [5.74, 6) is 1.29. The lowest BCUT2D eigenvalue weighted by molar-refractivity contribution is 0.101. The molecule has 0 amide bonds. The maximum atomic E-state index is 12.5. The molecule has 0 N–H and O–H groups in total. The van der Waals surface area contributed by atoms with E-state index in [9.17, 15) is 4.79 Å². The molecule has 0 saturated carbocycles. The Kier molecular flexibility index (Phi) is 6.28. The maximum Gasteiger partial charge on any atom is 0.176 e. The minimum absolute atomic E-state index is 0.131. The van der Waals surface area contributed by atoms with E-state index in [1.165, 1.54) is 5.56 Å². The summed E-state index contributed by atoms with van der Waals surface area (Å²) >= 11 is 1.66. The van der Waals surface area contributed by atoms with Gasteiger partial charge >= 0.3 is 0 Å². The second-order valence-electron chi connectivity index (χ2n) is 6.06. The van der Waals surface area contributed by atoms with E-state index in [1.54, 1.807) is 11.8 Å². The molecule has 0 spiro atoms. The van der Waals surface area contributed by atoms with Gasteiger partial charge in [-0.1, -0.05) is 55.3 Å². The number of rotatable bonds is 7. The summed E-state index contributed by atoms with van der Waals surface area (Å²) < 4.78 is 5.92. The molecule has 0 aromatic heterocycles. The van der Waals surface area contributed by atoms with Gasteiger partial charge in [-0.2, -0.15) is 11.8 Å². The van der Waals surface area contributed by atoms with Gasteiger partial charge in [0.1, 0.15) is 12.4 Å². The minimum atomic E-state index is 0.131. The predicted molar refractivity (Wildman–Crippen MR) is 98.6 cm³/mol. The van der Waals surface area contributed by atoms with Crippen molar-refractivity contribution in [2.75, 3.05) is 5.75 Å². The van der Waals surface area contributed by atoms with Crippen molar-refractivity contribution in [1.29, 1.82) is 0 Å². The molecule has 3 heteroatoms. The molecular formula is C20H24O2S. The third kappa shape index (κ3) is 5.43. The summed E-state index contributed by atoms with van der Waals surface area (Å²) in [4.78, 5) is 12.5. The zero-order chi connectivity index (χ0) is 16.8. The van der Waals surface area contributed by atoms with E-state index >= 15 is 0 Å². The molecule has 122 valence electrons. The molecule has 2 rings (SSSR count). The minimum Gasteiger partial charge on any atom is -0.488 e. The van der Waals surface area contributed by atoms with Crippen LogP contribution in [0.15, 0.2) is 42.5 Å². The summed E-state index contributed by atoms with van der Waals surface area (Å²) in [5, 5.41) is 0.445. The largest absolute Gasteiger partial charge is 0.488 e. The average molecular weight is 328 g/mol. The summed E-state index contributed by atoms with van der Waals surface area (Å²) in [6.45, 7) is 8.73. The molecular weight excluding hydrogens is 304 g/mol. The lowest BCUT2D eigenvalue weighted by atomic mass is 10.1. The highest BCUT2D eigenvalue weighted by atomic mass is 32.2. The predicted octanol–water partition coefficient (Wildman–Crippen LogP) is 5.21. The molecule has 0 saturated heterocycles. The van der Waals surface area contributed by atoms with Crippen molar-refractivity contribution in [2.24, 2.45) is 0 Å². The van der Waals surface area contributed by atoms with E-state index in [0.29, 0.717) is 28.9 Å². The molecule has 0 aliphatic carbocycles. The number of hydrogen-bond donors (Lipinski definition) is 0. The van der Waals surface area contributed by atoms with Gasteiger partial charge in [-0.3, -0.25) is 4.79 Å². The zero-order valence-electron chi connectivity index (χ0n) is 14.3. The smallest absolute Gasteiger partial charge is 0.176 e. The highest BCUT2D eigenvalue weighted by Gasteiger charge is 2.14. The van der Waals surface area contributed by atoms with E-state index in [1.807, 2.05) is 25.1 Å². The summed E-state index contributed by atoms with van der Waals surface area (Å²) in [6.07, 6.45) is 0. The first-order valence-electron chi connectivity index (χ1n) is 7.89. The van der Waals surface area contributed by atoms with Gasteiger partial charge in [0.25, 0.3) is 0 Å². The molecule has 0 unspecified atom stereocenters. The Hall–Kier alpha value is -1.74. The zero-order valence-corrected chi connectivity index (χ0v) is 15.1. The Balaban J connectivity index is 2.11. The van der Waals surface area contributed by atoms with Gasteiger partial charge in [0.15, 0.2) is 5.78 Å². The van der Waals surface area contributed by atoms with Gasteiger partial charge in [-0.25, -0.2) is 0 Å². The Morgan fingerprint density at radius 3 is 2.35 bits per heavy atom. The number of carbonyl (C=O) groups excluding carboxylic acids is 1. The van der Waals surface area contributed by atoms with Crippen molar-refractivity contribution >= 4 is 17.5 Å². The number of aryl methyl sites for hydroxylation is 2. The molecule has 0 aliphatic heterocycles. The van der Waals surface area contributed by atoms with Crippen LogP contribution < -0.4 is 4.74 Å². The Morgan fingerprint density at radius 2 is 1.70 bits per heavy atom. The van der Waals surface area contributed by atoms with Crippen LogP contribution in [0.5, 0.6) is 5.75 Å². The number of benzene rings is 2. The number of carbonyl (C=O) groups is 1. The van der Waals surface area contributed by atoms with Crippen LogP contribution >= 0.6 is 11.8 Å². The van der Waals surface area contributed by atoms with Crippen molar-refractivity contribution < 1.29 is 9.53 Å². The average Bonchev–Trinajstić information content (AvgIpc) is 2.53. The highest BCUT2D eigenvalue weighted by Crippen LogP contribution is 2.24. The lowest BCUT2D eigenvalue weighted by Gasteiger charge is -2.12. The number of thioether (sulfide) groups is 1. The van der Waals surface area contributed by atoms with Crippen LogP contribution in [0.2, 0.25) is 0 Å². The van der Waals surface area contributed by atoms with E-state index in [-0.39, 0.29) is 5.78 Å². The summed E-state index contributed by atoms with van der Waals surface area (Å²) in [7, 11) is 0. The SMILES string of the molecule is Cc1ccc(COc2ccc(C)cc2C(=O)CSC(C)C)cc1. The van der Waals surface area contributed by atoms with E-state index < -0.39 is 0 Å². The molecule has 0 bridgehead atoms. The monoisotopic (exact) mass is 328 g/mol. The Morgan fingerprint density at radius 1 is 1.04 bits per heavy atom. The van der Waals surface area contributed by atoms with Crippen LogP contribution in [-0.2, 0) is 6.61 Å². The van der Waals surface area contributed by atoms with Crippen LogP contribution in [0, 0.1) is 13.8 Å². The molecule has 0 heterocycles. The first-order valence-corrected chi connectivity index (χ1v) is 8.94.